The molecule has 3 aromatic rings. The van der Waals surface area contributed by atoms with Gasteiger partial charge in [-0.05, 0) is 22.3 Å². The zero-order chi connectivity index (χ0) is 34.2. The Morgan fingerprint density at radius 2 is 1.55 bits per heavy atom. The Labute approximate surface area is 287 Å². The molecule has 3 saturated heterocycles. The fraction of sp³-hybridized carbons (Fsp3) is 0.474. The highest BCUT2D eigenvalue weighted by Gasteiger charge is 2.43. The molecule has 262 valence electrons. The number of hydrogen-bond donors (Lipinski definition) is 3. The molecule has 1 spiro atoms. The predicted octanol–water partition coefficient (Wildman–Crippen LogP) is 4.39. The van der Waals surface area contributed by atoms with E-state index >= 15 is 0 Å². The predicted molar refractivity (Wildman–Crippen MR) is 181 cm³/mol. The number of hydrogen-bond acceptors (Lipinski definition) is 9. The summed E-state index contributed by atoms with van der Waals surface area (Å²) in [5.74, 6) is -0.864. The molecule has 3 heterocycles. The SMILES string of the molecule is COC(=O)[C@H](Cc1ccccc1)NC(=O)NCc1ccc([C@H]2O[C@@H](CN3CCC4(CC3)OCCO4)[C@@H](C)[C@@H](c3ccc(CO)cc3)O2)cc1. The minimum absolute atomic E-state index is 0.0119. The van der Waals surface area contributed by atoms with Crippen LogP contribution in [0, 0.1) is 5.92 Å². The number of carbonyl (C=O) groups is 2. The maximum atomic E-state index is 12.8. The summed E-state index contributed by atoms with van der Waals surface area (Å²) in [6.07, 6.45) is 1.10. The fourth-order valence-electron chi connectivity index (χ4n) is 6.81. The third-order valence-electron chi connectivity index (χ3n) is 9.77. The average Bonchev–Trinajstić information content (AvgIpc) is 3.60. The normalized spacial score (nSPS) is 24.3. The second kappa shape index (κ2) is 16.2. The van der Waals surface area contributed by atoms with E-state index in [4.69, 9.17) is 23.7 Å². The summed E-state index contributed by atoms with van der Waals surface area (Å²) >= 11 is 0. The number of amides is 2. The van der Waals surface area contributed by atoms with Gasteiger partial charge in [0.05, 0.1) is 39.1 Å². The van der Waals surface area contributed by atoms with Gasteiger partial charge in [0.1, 0.15) is 6.04 Å². The molecule has 5 atom stereocenters. The van der Waals surface area contributed by atoms with E-state index < -0.39 is 30.1 Å². The molecule has 3 fully saturated rings. The van der Waals surface area contributed by atoms with E-state index in [2.05, 4.69) is 22.5 Å². The van der Waals surface area contributed by atoms with Gasteiger partial charge in [-0.2, -0.15) is 0 Å². The third-order valence-corrected chi connectivity index (χ3v) is 9.77. The third kappa shape index (κ3) is 8.85. The number of rotatable bonds is 11. The Balaban J connectivity index is 1.09. The molecule has 3 aromatic carbocycles. The monoisotopic (exact) mass is 673 g/mol. The van der Waals surface area contributed by atoms with Crippen LogP contribution in [0.1, 0.15) is 60.0 Å². The molecule has 11 heteroatoms. The Morgan fingerprint density at radius 1 is 0.898 bits per heavy atom. The highest BCUT2D eigenvalue weighted by atomic mass is 16.7. The average molecular weight is 674 g/mol. The zero-order valence-corrected chi connectivity index (χ0v) is 28.2. The van der Waals surface area contributed by atoms with E-state index in [0.717, 1.165) is 60.3 Å². The lowest BCUT2D eigenvalue weighted by atomic mass is 9.89. The minimum atomic E-state index is -0.811. The lowest BCUT2D eigenvalue weighted by Crippen LogP contribution is -2.50. The van der Waals surface area contributed by atoms with Crippen LogP contribution >= 0.6 is 0 Å². The Hall–Kier alpha value is -3.84. The Morgan fingerprint density at radius 3 is 2.20 bits per heavy atom. The highest BCUT2D eigenvalue weighted by molar-refractivity contribution is 5.83. The Bertz CT molecular complexity index is 1500. The molecular formula is C38H47N3O8. The van der Waals surface area contributed by atoms with Gasteiger partial charge in [0, 0.05) is 56.9 Å². The molecule has 0 aliphatic carbocycles. The van der Waals surface area contributed by atoms with Gasteiger partial charge >= 0.3 is 12.0 Å². The molecule has 6 rings (SSSR count). The summed E-state index contributed by atoms with van der Waals surface area (Å²) < 4.78 is 30.1. The smallest absolute Gasteiger partial charge is 0.328 e. The van der Waals surface area contributed by atoms with Crippen molar-refractivity contribution in [2.24, 2.45) is 5.92 Å². The summed E-state index contributed by atoms with van der Waals surface area (Å²) in [5, 5.41) is 15.2. The van der Waals surface area contributed by atoms with Crippen molar-refractivity contribution < 1.29 is 38.4 Å². The van der Waals surface area contributed by atoms with E-state index in [1.165, 1.54) is 7.11 Å². The number of aliphatic hydroxyl groups is 1. The van der Waals surface area contributed by atoms with Crippen molar-refractivity contribution in [1.29, 1.82) is 0 Å². The molecule has 3 aliphatic rings. The van der Waals surface area contributed by atoms with E-state index in [1.807, 2.05) is 78.9 Å². The van der Waals surface area contributed by atoms with Crippen molar-refractivity contribution in [2.75, 3.05) is 40.0 Å². The lowest BCUT2D eigenvalue weighted by Gasteiger charge is -2.44. The highest BCUT2D eigenvalue weighted by Crippen LogP contribution is 2.42. The molecule has 11 nitrogen and oxygen atoms in total. The molecular weight excluding hydrogens is 626 g/mol. The molecule has 0 radical (unpaired) electrons. The standard InChI is InChI=1S/C38H47N3O8/c1-26-33(24-41-18-16-38(17-19-41)46-20-21-47-38)48-36(49-34(26)30-12-10-29(25-42)11-13-30)31-14-8-28(9-15-31)23-39-37(44)40-32(35(43)45-2)22-27-6-4-3-5-7-27/h3-15,26,32-34,36,42H,16-25H2,1-2H3,(H2,39,40,44)/t26-,32+,33+,34+,36+/m1/s1. The number of nitrogens with one attached hydrogen (secondary N) is 2. The minimum Gasteiger partial charge on any atom is -0.467 e. The first-order valence-corrected chi connectivity index (χ1v) is 17.1. The van der Waals surface area contributed by atoms with Gasteiger partial charge in [-0.1, -0.05) is 85.8 Å². The lowest BCUT2D eigenvalue weighted by molar-refractivity contribution is -0.278. The van der Waals surface area contributed by atoms with Crippen LogP contribution in [0.5, 0.6) is 0 Å². The van der Waals surface area contributed by atoms with Crippen LogP contribution < -0.4 is 10.6 Å². The van der Waals surface area contributed by atoms with Gasteiger partial charge in [-0.15, -0.1) is 0 Å². The number of esters is 1. The fourth-order valence-corrected chi connectivity index (χ4v) is 6.81. The molecule has 3 N–H and O–H groups in total. The number of methoxy groups -OCH3 is 1. The molecule has 3 aliphatic heterocycles. The number of aliphatic hydroxyl groups excluding tert-OH is 1. The van der Waals surface area contributed by atoms with Crippen LogP contribution in [0.15, 0.2) is 78.9 Å². The van der Waals surface area contributed by atoms with Gasteiger partial charge in [0.2, 0.25) is 0 Å². The maximum Gasteiger partial charge on any atom is 0.328 e. The van der Waals surface area contributed by atoms with Crippen molar-refractivity contribution >= 4 is 12.0 Å². The summed E-state index contributed by atoms with van der Waals surface area (Å²) in [5.41, 5.74) is 4.57. The van der Waals surface area contributed by atoms with Gasteiger partial charge < -0.3 is 44.3 Å². The van der Waals surface area contributed by atoms with Gasteiger partial charge in [0.15, 0.2) is 12.1 Å². The zero-order valence-electron chi connectivity index (χ0n) is 28.2. The number of benzene rings is 3. The largest absolute Gasteiger partial charge is 0.467 e. The number of piperidine rings is 1. The maximum absolute atomic E-state index is 12.8. The summed E-state index contributed by atoms with van der Waals surface area (Å²) in [4.78, 5) is 27.5. The quantitative estimate of drug-likeness (QED) is 0.254. The van der Waals surface area contributed by atoms with E-state index in [-0.39, 0.29) is 31.3 Å². The number of urea groups is 1. The molecule has 2 amide bonds. The van der Waals surface area contributed by atoms with Crippen molar-refractivity contribution in [2.45, 2.75) is 69.7 Å². The second-order valence-electron chi connectivity index (χ2n) is 13.1. The molecule has 0 saturated carbocycles. The van der Waals surface area contributed by atoms with Crippen LogP contribution in [0.2, 0.25) is 0 Å². The topological polar surface area (TPSA) is 128 Å². The first-order chi connectivity index (χ1) is 23.8. The van der Waals surface area contributed by atoms with Gasteiger partial charge in [-0.25, -0.2) is 9.59 Å². The number of nitrogens with zero attached hydrogens (tertiary/aromatic N) is 1. The van der Waals surface area contributed by atoms with Crippen molar-refractivity contribution in [3.05, 3.63) is 107 Å². The van der Waals surface area contributed by atoms with Crippen molar-refractivity contribution in [1.82, 2.24) is 15.5 Å². The molecule has 0 bridgehead atoms. The van der Waals surface area contributed by atoms with Crippen molar-refractivity contribution in [3.63, 3.8) is 0 Å². The molecule has 0 unspecified atom stereocenters. The van der Waals surface area contributed by atoms with E-state index in [0.29, 0.717) is 19.6 Å². The van der Waals surface area contributed by atoms with Gasteiger partial charge in [0.25, 0.3) is 0 Å². The molecule has 0 aromatic heterocycles. The summed E-state index contributed by atoms with van der Waals surface area (Å²) in [6, 6.07) is 23.9. The van der Waals surface area contributed by atoms with E-state index in [1.54, 1.807) is 0 Å². The summed E-state index contributed by atoms with van der Waals surface area (Å²) in [6.45, 7) is 6.24. The van der Waals surface area contributed by atoms with Crippen LogP contribution in [0.25, 0.3) is 0 Å². The summed E-state index contributed by atoms with van der Waals surface area (Å²) in [7, 11) is 1.31. The first-order valence-electron chi connectivity index (χ1n) is 17.1. The van der Waals surface area contributed by atoms with Crippen LogP contribution in [0.3, 0.4) is 0 Å². The Kier molecular flexibility index (Phi) is 11.6. The first kappa shape index (κ1) is 35.0. The van der Waals surface area contributed by atoms with Crippen LogP contribution in [0.4, 0.5) is 4.79 Å². The van der Waals surface area contributed by atoms with Crippen LogP contribution in [-0.2, 0) is 48.1 Å². The second-order valence-corrected chi connectivity index (χ2v) is 13.1. The molecule has 49 heavy (non-hydrogen) atoms. The van der Waals surface area contributed by atoms with Gasteiger partial charge in [-0.3, -0.25) is 0 Å². The number of ether oxygens (including phenoxy) is 5. The van der Waals surface area contributed by atoms with E-state index in [9.17, 15) is 14.7 Å². The number of carbonyl (C=O) groups excluding carboxylic acids is 2. The number of likely N-dealkylation sites (tertiary alicyclic amines) is 1. The van der Waals surface area contributed by atoms with Crippen LogP contribution in [-0.4, -0.2) is 79.9 Å². The van der Waals surface area contributed by atoms with Crippen molar-refractivity contribution in [3.8, 4) is 0 Å².